The van der Waals surface area contributed by atoms with E-state index in [0.717, 1.165) is 43.8 Å². The fraction of sp³-hybridized carbons (Fsp3) is 0.833. The zero-order valence-electron chi connectivity index (χ0n) is 10.5. The maximum atomic E-state index is 5.53. The molecule has 0 saturated carbocycles. The molecule has 0 bridgehead atoms. The van der Waals surface area contributed by atoms with Crippen LogP contribution >= 0.6 is 15.9 Å². The first-order chi connectivity index (χ1) is 8.15. The first kappa shape index (κ1) is 13.0. The van der Waals surface area contributed by atoms with Crippen LogP contribution in [0.25, 0.3) is 0 Å². The predicted molar refractivity (Wildman–Crippen MR) is 70.2 cm³/mol. The van der Waals surface area contributed by atoms with E-state index in [1.54, 1.807) is 6.33 Å². The summed E-state index contributed by atoms with van der Waals surface area (Å²) in [5.41, 5.74) is 0.210. The van der Waals surface area contributed by atoms with E-state index in [0.29, 0.717) is 5.92 Å². The first-order valence-electron chi connectivity index (χ1n) is 6.16. The highest BCUT2D eigenvalue weighted by molar-refractivity contribution is 9.09. The molecule has 0 radical (unpaired) electrons. The molecular formula is C12H20BrN3O. The van der Waals surface area contributed by atoms with Crippen molar-refractivity contribution in [2.45, 2.75) is 33.2 Å². The third-order valence-electron chi connectivity index (χ3n) is 3.24. The van der Waals surface area contributed by atoms with Gasteiger partial charge in [0.1, 0.15) is 12.2 Å². The van der Waals surface area contributed by atoms with E-state index in [9.17, 15) is 0 Å². The minimum atomic E-state index is 0.210. The van der Waals surface area contributed by atoms with Gasteiger partial charge in [-0.15, -0.1) is 0 Å². The summed E-state index contributed by atoms with van der Waals surface area (Å²) in [7, 11) is 0. The van der Waals surface area contributed by atoms with Gasteiger partial charge in [0.25, 0.3) is 0 Å². The fourth-order valence-electron chi connectivity index (χ4n) is 2.20. The van der Waals surface area contributed by atoms with Crippen LogP contribution in [0.15, 0.2) is 6.33 Å². The average molecular weight is 302 g/mol. The molecule has 2 rings (SSSR count). The second kappa shape index (κ2) is 5.48. The highest BCUT2D eigenvalue weighted by Gasteiger charge is 2.35. The number of alkyl halides is 1. The molecule has 96 valence electrons. The SMILES string of the molecule is CC(C)Cn1ncnc1CC1(CBr)CCOC1. The Kier molecular flexibility index (Phi) is 4.20. The van der Waals surface area contributed by atoms with Gasteiger partial charge in [0, 0.05) is 30.3 Å². The summed E-state index contributed by atoms with van der Waals surface area (Å²) in [6.07, 6.45) is 3.72. The monoisotopic (exact) mass is 301 g/mol. The lowest BCUT2D eigenvalue weighted by Gasteiger charge is -2.24. The Hall–Kier alpha value is -0.420. The second-order valence-electron chi connectivity index (χ2n) is 5.37. The van der Waals surface area contributed by atoms with Crippen LogP contribution in [-0.2, 0) is 17.7 Å². The summed E-state index contributed by atoms with van der Waals surface area (Å²) in [5, 5.41) is 5.28. The Balaban J connectivity index is 2.09. The Labute approximate surface area is 111 Å². The molecule has 0 aromatic carbocycles. The molecule has 0 amide bonds. The molecule has 1 atom stereocenters. The van der Waals surface area contributed by atoms with Gasteiger partial charge in [-0.3, -0.25) is 0 Å². The predicted octanol–water partition coefficient (Wildman–Crippen LogP) is 2.28. The van der Waals surface area contributed by atoms with Gasteiger partial charge in [-0.2, -0.15) is 5.10 Å². The summed E-state index contributed by atoms with van der Waals surface area (Å²) in [6, 6.07) is 0. The third-order valence-corrected chi connectivity index (χ3v) is 4.42. The topological polar surface area (TPSA) is 39.9 Å². The number of hydrogen-bond acceptors (Lipinski definition) is 3. The Bertz CT molecular complexity index is 358. The van der Waals surface area contributed by atoms with Gasteiger partial charge >= 0.3 is 0 Å². The van der Waals surface area contributed by atoms with Gasteiger partial charge in [-0.1, -0.05) is 29.8 Å². The van der Waals surface area contributed by atoms with Gasteiger partial charge < -0.3 is 4.74 Å². The number of ether oxygens (including phenoxy) is 1. The lowest BCUT2D eigenvalue weighted by atomic mass is 9.86. The number of halogens is 1. The van der Waals surface area contributed by atoms with Gasteiger partial charge in [-0.05, 0) is 12.3 Å². The molecule has 0 aliphatic carbocycles. The van der Waals surface area contributed by atoms with E-state index in [2.05, 4.69) is 39.9 Å². The first-order valence-corrected chi connectivity index (χ1v) is 7.28. The largest absolute Gasteiger partial charge is 0.381 e. The van der Waals surface area contributed by atoms with Gasteiger partial charge in [0.15, 0.2) is 0 Å². The zero-order valence-corrected chi connectivity index (χ0v) is 12.1. The summed E-state index contributed by atoms with van der Waals surface area (Å²) in [4.78, 5) is 4.40. The molecule has 5 heteroatoms. The van der Waals surface area contributed by atoms with Gasteiger partial charge in [-0.25, -0.2) is 9.67 Å². The summed E-state index contributed by atoms with van der Waals surface area (Å²) in [5.74, 6) is 1.68. The summed E-state index contributed by atoms with van der Waals surface area (Å²) >= 11 is 3.62. The van der Waals surface area contributed by atoms with Crippen molar-refractivity contribution < 1.29 is 4.74 Å². The second-order valence-corrected chi connectivity index (χ2v) is 5.93. The Morgan fingerprint density at radius 1 is 1.59 bits per heavy atom. The molecule has 17 heavy (non-hydrogen) atoms. The van der Waals surface area contributed by atoms with E-state index < -0.39 is 0 Å². The molecule has 2 heterocycles. The van der Waals surface area contributed by atoms with Gasteiger partial charge in [0.2, 0.25) is 0 Å². The van der Waals surface area contributed by atoms with E-state index in [4.69, 9.17) is 4.74 Å². The lowest BCUT2D eigenvalue weighted by molar-refractivity contribution is 0.160. The molecule has 1 aliphatic heterocycles. The lowest BCUT2D eigenvalue weighted by Crippen LogP contribution is -2.28. The van der Waals surface area contributed by atoms with E-state index in [-0.39, 0.29) is 5.41 Å². The van der Waals surface area contributed by atoms with Crippen molar-refractivity contribution in [3.63, 3.8) is 0 Å². The average Bonchev–Trinajstić information content (AvgIpc) is 2.90. The van der Waals surface area contributed by atoms with Crippen molar-refractivity contribution in [1.29, 1.82) is 0 Å². The quantitative estimate of drug-likeness (QED) is 0.783. The van der Waals surface area contributed by atoms with Crippen molar-refractivity contribution in [2.75, 3.05) is 18.5 Å². The molecule has 0 N–H and O–H groups in total. The zero-order chi connectivity index (χ0) is 12.3. The molecule has 1 aromatic rings. The summed E-state index contributed by atoms with van der Waals surface area (Å²) in [6.45, 7) is 7.03. The minimum Gasteiger partial charge on any atom is -0.381 e. The Morgan fingerprint density at radius 2 is 2.41 bits per heavy atom. The molecule has 1 fully saturated rings. The van der Waals surface area contributed by atoms with Crippen LogP contribution in [0, 0.1) is 11.3 Å². The third kappa shape index (κ3) is 3.07. The number of nitrogens with zero attached hydrogens (tertiary/aromatic N) is 3. The molecule has 1 saturated heterocycles. The molecule has 0 spiro atoms. The smallest absolute Gasteiger partial charge is 0.138 e. The van der Waals surface area contributed by atoms with Crippen molar-refractivity contribution in [1.82, 2.24) is 14.8 Å². The maximum Gasteiger partial charge on any atom is 0.138 e. The van der Waals surface area contributed by atoms with Crippen LogP contribution < -0.4 is 0 Å². The summed E-state index contributed by atoms with van der Waals surface area (Å²) < 4.78 is 7.57. The standard InChI is InChI=1S/C12H20BrN3O/c1-10(2)6-16-11(14-9-15-16)5-12(7-13)3-4-17-8-12/h9-10H,3-8H2,1-2H3. The highest BCUT2D eigenvalue weighted by Crippen LogP contribution is 2.34. The fourth-order valence-corrected chi connectivity index (χ4v) is 2.84. The van der Waals surface area contributed by atoms with E-state index in [1.165, 1.54) is 0 Å². The molecule has 1 unspecified atom stereocenters. The highest BCUT2D eigenvalue weighted by atomic mass is 79.9. The molecular weight excluding hydrogens is 282 g/mol. The minimum absolute atomic E-state index is 0.210. The van der Waals surface area contributed by atoms with Crippen LogP contribution in [0.1, 0.15) is 26.1 Å². The number of hydrogen-bond donors (Lipinski definition) is 0. The van der Waals surface area contributed by atoms with Gasteiger partial charge in [0.05, 0.1) is 6.61 Å². The Morgan fingerprint density at radius 3 is 3.00 bits per heavy atom. The van der Waals surface area contributed by atoms with Crippen molar-refractivity contribution in [2.24, 2.45) is 11.3 Å². The normalized spacial score (nSPS) is 24.7. The number of aromatic nitrogens is 3. The van der Waals surface area contributed by atoms with Crippen LogP contribution in [-0.4, -0.2) is 33.3 Å². The van der Waals surface area contributed by atoms with Crippen molar-refractivity contribution >= 4 is 15.9 Å². The van der Waals surface area contributed by atoms with Crippen molar-refractivity contribution in [3.8, 4) is 0 Å². The van der Waals surface area contributed by atoms with Crippen LogP contribution in [0.3, 0.4) is 0 Å². The number of rotatable bonds is 5. The van der Waals surface area contributed by atoms with Crippen LogP contribution in [0.4, 0.5) is 0 Å². The molecule has 1 aliphatic rings. The molecule has 1 aromatic heterocycles. The van der Waals surface area contributed by atoms with Crippen LogP contribution in [0.2, 0.25) is 0 Å². The van der Waals surface area contributed by atoms with Crippen molar-refractivity contribution in [3.05, 3.63) is 12.2 Å². The van der Waals surface area contributed by atoms with Crippen LogP contribution in [0.5, 0.6) is 0 Å². The maximum absolute atomic E-state index is 5.53. The van der Waals surface area contributed by atoms with E-state index in [1.807, 2.05) is 4.68 Å². The molecule has 4 nitrogen and oxygen atoms in total. The van der Waals surface area contributed by atoms with E-state index >= 15 is 0 Å².